The van der Waals surface area contributed by atoms with E-state index in [1.165, 1.54) is 12.8 Å². The molecule has 0 aromatic rings. The molecule has 0 bridgehead atoms. The average molecular weight is 184 g/mol. The van der Waals surface area contributed by atoms with Gasteiger partial charge in [0.25, 0.3) is 0 Å². The van der Waals surface area contributed by atoms with Crippen molar-refractivity contribution < 1.29 is 9.53 Å². The van der Waals surface area contributed by atoms with Crippen molar-refractivity contribution >= 4 is 5.97 Å². The molecule has 0 aromatic carbocycles. The van der Waals surface area contributed by atoms with Gasteiger partial charge < -0.3 is 4.74 Å². The van der Waals surface area contributed by atoms with Gasteiger partial charge in [0.1, 0.15) is 0 Å². The largest absolute Gasteiger partial charge is 0.465 e. The lowest BCUT2D eigenvalue weighted by atomic mass is 10.0. The fourth-order valence-corrected chi connectivity index (χ4v) is 1.98. The molecule has 2 heteroatoms. The molecule has 76 valence electrons. The number of rotatable bonds is 4. The third kappa shape index (κ3) is 3.02. The molecule has 1 aliphatic rings. The summed E-state index contributed by atoms with van der Waals surface area (Å²) >= 11 is 0. The zero-order valence-corrected chi connectivity index (χ0v) is 8.71. The van der Waals surface area contributed by atoms with Crippen LogP contribution in [0.25, 0.3) is 0 Å². The first kappa shape index (κ1) is 10.6. The highest BCUT2D eigenvalue weighted by atomic mass is 16.5. The van der Waals surface area contributed by atoms with Gasteiger partial charge in [-0.05, 0) is 31.6 Å². The van der Waals surface area contributed by atoms with Crippen LogP contribution < -0.4 is 0 Å². The Morgan fingerprint density at radius 3 is 2.69 bits per heavy atom. The molecule has 1 fully saturated rings. The van der Waals surface area contributed by atoms with E-state index in [1.54, 1.807) is 0 Å². The Morgan fingerprint density at radius 2 is 2.15 bits per heavy atom. The second-order valence-electron chi connectivity index (χ2n) is 3.95. The Kier molecular flexibility index (Phi) is 4.26. The first-order chi connectivity index (χ1) is 6.27. The minimum Gasteiger partial charge on any atom is -0.465 e. The second kappa shape index (κ2) is 5.25. The zero-order valence-electron chi connectivity index (χ0n) is 8.71. The van der Waals surface area contributed by atoms with E-state index in [4.69, 9.17) is 4.74 Å². The van der Waals surface area contributed by atoms with E-state index in [9.17, 15) is 4.79 Å². The average Bonchev–Trinajstić information content (AvgIpc) is 2.62. The summed E-state index contributed by atoms with van der Waals surface area (Å²) in [7, 11) is 0. The fraction of sp³-hybridized carbons (Fsp3) is 0.909. The molecule has 2 atom stereocenters. The van der Waals surface area contributed by atoms with E-state index < -0.39 is 0 Å². The van der Waals surface area contributed by atoms with Gasteiger partial charge in [0.2, 0.25) is 0 Å². The van der Waals surface area contributed by atoms with Crippen LogP contribution in [0.4, 0.5) is 0 Å². The topological polar surface area (TPSA) is 26.3 Å². The van der Waals surface area contributed by atoms with Crippen molar-refractivity contribution in [2.75, 3.05) is 6.61 Å². The van der Waals surface area contributed by atoms with Crippen LogP contribution in [0.3, 0.4) is 0 Å². The van der Waals surface area contributed by atoms with Gasteiger partial charge in [0.15, 0.2) is 0 Å². The molecule has 0 aliphatic heterocycles. The predicted molar refractivity (Wildman–Crippen MR) is 52.4 cm³/mol. The molecule has 1 rings (SSSR count). The van der Waals surface area contributed by atoms with Gasteiger partial charge in [0, 0.05) is 0 Å². The number of esters is 1. The van der Waals surface area contributed by atoms with Gasteiger partial charge in [-0.25, -0.2) is 0 Å². The Labute approximate surface area is 80.7 Å². The van der Waals surface area contributed by atoms with Gasteiger partial charge in [-0.3, -0.25) is 4.79 Å². The fourth-order valence-electron chi connectivity index (χ4n) is 1.98. The molecule has 0 amide bonds. The van der Waals surface area contributed by atoms with Crippen LogP contribution >= 0.6 is 0 Å². The van der Waals surface area contributed by atoms with Gasteiger partial charge in [-0.2, -0.15) is 0 Å². The number of ether oxygens (including phenoxy) is 1. The van der Waals surface area contributed by atoms with Crippen LogP contribution in [0.2, 0.25) is 0 Å². The van der Waals surface area contributed by atoms with E-state index in [0.29, 0.717) is 6.61 Å². The maximum atomic E-state index is 11.4. The first-order valence-electron chi connectivity index (χ1n) is 5.44. The van der Waals surface area contributed by atoms with Crippen molar-refractivity contribution in [2.24, 2.45) is 11.8 Å². The molecule has 13 heavy (non-hydrogen) atoms. The predicted octanol–water partition coefficient (Wildman–Crippen LogP) is 2.77. The van der Waals surface area contributed by atoms with Crippen molar-refractivity contribution in [3.05, 3.63) is 0 Å². The Hall–Kier alpha value is -0.530. The summed E-state index contributed by atoms with van der Waals surface area (Å²) in [5.41, 5.74) is 0. The molecule has 0 spiro atoms. The number of hydrogen-bond donors (Lipinski definition) is 0. The van der Waals surface area contributed by atoms with E-state index in [1.807, 2.05) is 6.92 Å². The zero-order chi connectivity index (χ0) is 9.68. The summed E-state index contributed by atoms with van der Waals surface area (Å²) in [6, 6.07) is 0. The minimum absolute atomic E-state index is 0.0396. The molecule has 2 unspecified atom stereocenters. The van der Waals surface area contributed by atoms with Crippen LogP contribution in [-0.4, -0.2) is 12.6 Å². The second-order valence-corrected chi connectivity index (χ2v) is 3.95. The number of carbonyl (C=O) groups excluding carboxylic acids is 1. The van der Waals surface area contributed by atoms with Gasteiger partial charge in [-0.1, -0.05) is 20.3 Å². The van der Waals surface area contributed by atoms with Crippen molar-refractivity contribution in [1.29, 1.82) is 0 Å². The molecule has 0 heterocycles. The summed E-state index contributed by atoms with van der Waals surface area (Å²) in [6.07, 6.45) is 5.44. The van der Waals surface area contributed by atoms with Crippen molar-refractivity contribution in [3.63, 3.8) is 0 Å². The Morgan fingerprint density at radius 1 is 1.38 bits per heavy atom. The molecule has 1 saturated carbocycles. The van der Waals surface area contributed by atoms with E-state index in [2.05, 4.69) is 6.92 Å². The Balaban J connectivity index is 2.25. The van der Waals surface area contributed by atoms with Crippen LogP contribution in [-0.2, 0) is 9.53 Å². The van der Waals surface area contributed by atoms with E-state index in [0.717, 1.165) is 25.2 Å². The number of hydrogen-bond acceptors (Lipinski definition) is 2. The quantitative estimate of drug-likeness (QED) is 0.628. The van der Waals surface area contributed by atoms with E-state index in [-0.39, 0.29) is 11.9 Å². The van der Waals surface area contributed by atoms with Gasteiger partial charge in [0.05, 0.1) is 12.5 Å². The summed E-state index contributed by atoms with van der Waals surface area (Å²) < 4.78 is 5.13. The summed E-state index contributed by atoms with van der Waals surface area (Å²) in [5.74, 6) is 1.01. The lowest BCUT2D eigenvalue weighted by Crippen LogP contribution is -2.15. The highest BCUT2D eigenvalue weighted by molar-refractivity contribution is 5.72. The lowest BCUT2D eigenvalue weighted by Gasteiger charge is -2.09. The minimum atomic E-state index is 0.0396. The van der Waals surface area contributed by atoms with Crippen LogP contribution in [0.15, 0.2) is 0 Å². The maximum absolute atomic E-state index is 11.4. The van der Waals surface area contributed by atoms with Crippen molar-refractivity contribution in [2.45, 2.75) is 46.0 Å². The molecular formula is C11H20O2. The normalized spacial score (nSPS) is 27.5. The number of carbonyl (C=O) groups is 1. The summed E-state index contributed by atoms with van der Waals surface area (Å²) in [4.78, 5) is 11.4. The summed E-state index contributed by atoms with van der Waals surface area (Å²) in [5, 5.41) is 0. The van der Waals surface area contributed by atoms with Crippen LogP contribution in [0, 0.1) is 11.8 Å². The van der Waals surface area contributed by atoms with Crippen LogP contribution in [0.1, 0.15) is 46.0 Å². The molecule has 1 aliphatic carbocycles. The molecular weight excluding hydrogens is 164 g/mol. The molecule has 0 aromatic heterocycles. The highest BCUT2D eigenvalue weighted by Crippen LogP contribution is 2.33. The SMILES string of the molecule is CCCOC(=O)C1CCC(CC)C1. The monoisotopic (exact) mass is 184 g/mol. The maximum Gasteiger partial charge on any atom is 0.308 e. The molecule has 0 N–H and O–H groups in total. The summed E-state index contributed by atoms with van der Waals surface area (Å²) in [6.45, 7) is 4.81. The lowest BCUT2D eigenvalue weighted by molar-refractivity contribution is -0.148. The third-order valence-corrected chi connectivity index (χ3v) is 2.90. The van der Waals surface area contributed by atoms with Crippen molar-refractivity contribution in [1.82, 2.24) is 0 Å². The van der Waals surface area contributed by atoms with Crippen molar-refractivity contribution in [3.8, 4) is 0 Å². The standard InChI is InChI=1S/C11H20O2/c1-3-7-13-11(12)10-6-5-9(4-2)8-10/h9-10H,3-8H2,1-2H3. The molecule has 0 saturated heterocycles. The smallest absolute Gasteiger partial charge is 0.308 e. The van der Waals surface area contributed by atoms with Gasteiger partial charge >= 0.3 is 5.97 Å². The molecule has 2 nitrogen and oxygen atoms in total. The van der Waals surface area contributed by atoms with Crippen LogP contribution in [0.5, 0.6) is 0 Å². The third-order valence-electron chi connectivity index (χ3n) is 2.90. The Bertz CT molecular complexity index is 165. The molecule has 0 radical (unpaired) electrons. The highest BCUT2D eigenvalue weighted by Gasteiger charge is 2.29. The van der Waals surface area contributed by atoms with Gasteiger partial charge in [-0.15, -0.1) is 0 Å². The first-order valence-corrected chi connectivity index (χ1v) is 5.44. The van der Waals surface area contributed by atoms with E-state index >= 15 is 0 Å².